The van der Waals surface area contributed by atoms with Crippen LogP contribution in [-0.2, 0) is 10.2 Å². The van der Waals surface area contributed by atoms with E-state index in [4.69, 9.17) is 0 Å². The Morgan fingerprint density at radius 2 is 1.96 bits per heavy atom. The van der Waals surface area contributed by atoms with Crippen LogP contribution in [0.25, 0.3) is 0 Å². The van der Waals surface area contributed by atoms with Gasteiger partial charge >= 0.3 is 0 Å². The molecule has 4 heteroatoms. The van der Waals surface area contributed by atoms with Gasteiger partial charge in [-0.1, -0.05) is 38.3 Å². The molecule has 1 saturated heterocycles. The molecule has 1 heterocycles. The van der Waals surface area contributed by atoms with E-state index in [-0.39, 0.29) is 11.7 Å². The molecule has 3 rings (SSSR count). The zero-order valence-corrected chi connectivity index (χ0v) is 15.4. The summed E-state index contributed by atoms with van der Waals surface area (Å²) >= 11 is 0. The topological polar surface area (TPSA) is 32.3 Å². The monoisotopic (exact) mass is 346 g/mol. The van der Waals surface area contributed by atoms with E-state index in [0.717, 1.165) is 70.3 Å². The Morgan fingerprint density at radius 3 is 2.60 bits per heavy atom. The standard InChI is InChI=1S/C21H31FN2O/c1-2-23-16-17-9-13-24(14-10-17)20(25)21(11-4-3-5-12-21)18-7-6-8-19(22)15-18/h6-8,15,17,23H,2-5,9-14,16H2,1H3. The van der Waals surface area contributed by atoms with Crippen molar-refractivity contribution in [3.8, 4) is 0 Å². The van der Waals surface area contributed by atoms with Crippen molar-refractivity contribution < 1.29 is 9.18 Å². The summed E-state index contributed by atoms with van der Waals surface area (Å²) in [4.78, 5) is 15.5. The Hall–Kier alpha value is -1.42. The van der Waals surface area contributed by atoms with Gasteiger partial charge in [0, 0.05) is 13.1 Å². The second-order valence-electron chi connectivity index (χ2n) is 7.70. The van der Waals surface area contributed by atoms with Crippen LogP contribution in [0.15, 0.2) is 24.3 Å². The Bertz CT molecular complexity index is 575. The van der Waals surface area contributed by atoms with Crippen LogP contribution in [0.5, 0.6) is 0 Å². The Balaban J connectivity index is 1.75. The zero-order chi connectivity index (χ0) is 17.7. The molecule has 0 atom stereocenters. The fourth-order valence-corrected chi connectivity index (χ4v) is 4.56. The average Bonchev–Trinajstić information content (AvgIpc) is 2.67. The fraction of sp³-hybridized carbons (Fsp3) is 0.667. The van der Waals surface area contributed by atoms with Gasteiger partial charge in [-0.2, -0.15) is 0 Å². The molecular weight excluding hydrogens is 315 g/mol. The lowest BCUT2D eigenvalue weighted by Gasteiger charge is -2.42. The molecule has 1 aromatic rings. The number of nitrogens with zero attached hydrogens (tertiary/aromatic N) is 1. The van der Waals surface area contributed by atoms with Crippen LogP contribution in [0.4, 0.5) is 4.39 Å². The maximum atomic E-state index is 13.8. The first-order valence-corrected chi connectivity index (χ1v) is 9.92. The van der Waals surface area contributed by atoms with E-state index in [9.17, 15) is 9.18 Å². The van der Waals surface area contributed by atoms with Crippen molar-refractivity contribution in [1.82, 2.24) is 10.2 Å². The quantitative estimate of drug-likeness (QED) is 0.878. The Kier molecular flexibility index (Phi) is 6.10. The van der Waals surface area contributed by atoms with Crippen molar-refractivity contribution in [2.45, 2.75) is 57.3 Å². The SMILES string of the molecule is CCNCC1CCN(C(=O)C2(c3cccc(F)c3)CCCCC2)CC1. The summed E-state index contributed by atoms with van der Waals surface area (Å²) in [5, 5.41) is 3.42. The van der Waals surface area contributed by atoms with E-state index in [0.29, 0.717) is 5.92 Å². The second kappa shape index (κ2) is 8.31. The fourth-order valence-electron chi connectivity index (χ4n) is 4.56. The molecule has 1 aliphatic heterocycles. The van der Waals surface area contributed by atoms with E-state index >= 15 is 0 Å². The van der Waals surface area contributed by atoms with Crippen LogP contribution in [0, 0.1) is 11.7 Å². The van der Waals surface area contributed by atoms with Crippen molar-refractivity contribution in [2.75, 3.05) is 26.2 Å². The van der Waals surface area contributed by atoms with Crippen molar-refractivity contribution in [2.24, 2.45) is 5.92 Å². The first-order chi connectivity index (χ1) is 12.2. The third-order valence-electron chi connectivity index (χ3n) is 6.08. The minimum absolute atomic E-state index is 0.236. The highest BCUT2D eigenvalue weighted by atomic mass is 19.1. The first-order valence-electron chi connectivity index (χ1n) is 9.92. The van der Waals surface area contributed by atoms with Gasteiger partial charge in [0.2, 0.25) is 5.91 Å². The first kappa shape index (κ1) is 18.4. The van der Waals surface area contributed by atoms with Crippen LogP contribution >= 0.6 is 0 Å². The van der Waals surface area contributed by atoms with E-state index in [2.05, 4.69) is 17.1 Å². The highest BCUT2D eigenvalue weighted by Crippen LogP contribution is 2.41. The molecule has 138 valence electrons. The van der Waals surface area contributed by atoms with Gasteiger partial charge in [-0.15, -0.1) is 0 Å². The molecule has 25 heavy (non-hydrogen) atoms. The number of nitrogens with one attached hydrogen (secondary N) is 1. The summed E-state index contributed by atoms with van der Waals surface area (Å²) in [6.45, 7) is 5.86. The summed E-state index contributed by atoms with van der Waals surface area (Å²) in [5.74, 6) is 0.666. The molecule has 2 aliphatic rings. The third kappa shape index (κ3) is 4.05. The molecule has 3 nitrogen and oxygen atoms in total. The molecule has 2 fully saturated rings. The summed E-state index contributed by atoms with van der Waals surface area (Å²) in [7, 11) is 0. The summed E-state index contributed by atoms with van der Waals surface area (Å²) in [5.41, 5.74) is 0.376. The van der Waals surface area contributed by atoms with Crippen LogP contribution in [0.3, 0.4) is 0 Å². The van der Waals surface area contributed by atoms with E-state index in [1.54, 1.807) is 12.1 Å². The molecule has 1 aromatic carbocycles. The van der Waals surface area contributed by atoms with Crippen LogP contribution in [-0.4, -0.2) is 37.0 Å². The molecular formula is C21H31FN2O. The Morgan fingerprint density at radius 1 is 1.24 bits per heavy atom. The maximum absolute atomic E-state index is 13.8. The lowest BCUT2D eigenvalue weighted by Crippen LogP contribution is -2.51. The lowest BCUT2D eigenvalue weighted by molar-refractivity contribution is -0.140. The van der Waals surface area contributed by atoms with Gasteiger partial charge in [0.25, 0.3) is 0 Å². The Labute approximate surface area is 151 Å². The molecule has 1 amide bonds. The van der Waals surface area contributed by atoms with Gasteiger partial charge in [0.15, 0.2) is 0 Å². The summed E-state index contributed by atoms with van der Waals surface area (Å²) in [6, 6.07) is 6.75. The second-order valence-corrected chi connectivity index (χ2v) is 7.70. The molecule has 1 saturated carbocycles. The molecule has 0 radical (unpaired) electrons. The number of hydrogen-bond donors (Lipinski definition) is 1. The number of piperidine rings is 1. The molecule has 0 unspecified atom stereocenters. The minimum atomic E-state index is -0.505. The van der Waals surface area contributed by atoms with Crippen LogP contribution < -0.4 is 5.32 Å². The normalized spacial score (nSPS) is 21.3. The largest absolute Gasteiger partial charge is 0.342 e. The average molecular weight is 346 g/mol. The molecule has 1 N–H and O–H groups in total. The maximum Gasteiger partial charge on any atom is 0.233 e. The number of carbonyl (C=O) groups excluding carboxylic acids is 1. The number of carbonyl (C=O) groups is 1. The van der Waals surface area contributed by atoms with Gasteiger partial charge in [-0.05, 0) is 62.4 Å². The van der Waals surface area contributed by atoms with Crippen molar-refractivity contribution in [3.05, 3.63) is 35.6 Å². The predicted molar refractivity (Wildman–Crippen MR) is 99.0 cm³/mol. The van der Waals surface area contributed by atoms with Crippen molar-refractivity contribution in [3.63, 3.8) is 0 Å². The van der Waals surface area contributed by atoms with Crippen molar-refractivity contribution in [1.29, 1.82) is 0 Å². The highest BCUT2D eigenvalue weighted by molar-refractivity contribution is 5.88. The van der Waals surface area contributed by atoms with Gasteiger partial charge < -0.3 is 10.2 Å². The van der Waals surface area contributed by atoms with Gasteiger partial charge in [-0.3, -0.25) is 4.79 Å². The van der Waals surface area contributed by atoms with E-state index < -0.39 is 5.41 Å². The number of hydrogen-bond acceptors (Lipinski definition) is 2. The smallest absolute Gasteiger partial charge is 0.233 e. The molecule has 0 bridgehead atoms. The lowest BCUT2D eigenvalue weighted by atomic mass is 9.68. The van der Waals surface area contributed by atoms with Crippen LogP contribution in [0.1, 0.15) is 57.4 Å². The molecule has 0 aromatic heterocycles. The van der Waals surface area contributed by atoms with Gasteiger partial charge in [-0.25, -0.2) is 4.39 Å². The van der Waals surface area contributed by atoms with Gasteiger partial charge in [0.1, 0.15) is 5.82 Å². The number of rotatable bonds is 5. The van der Waals surface area contributed by atoms with Crippen molar-refractivity contribution >= 4 is 5.91 Å². The van der Waals surface area contributed by atoms with Crippen LogP contribution in [0.2, 0.25) is 0 Å². The number of likely N-dealkylation sites (tertiary alicyclic amines) is 1. The number of amides is 1. The predicted octanol–water partition coefficient (Wildman–Crippen LogP) is 3.88. The summed E-state index contributed by atoms with van der Waals surface area (Å²) in [6.07, 6.45) is 7.13. The van der Waals surface area contributed by atoms with E-state index in [1.807, 2.05) is 6.07 Å². The summed E-state index contributed by atoms with van der Waals surface area (Å²) < 4.78 is 13.8. The number of halogens is 1. The molecule has 1 aliphatic carbocycles. The third-order valence-corrected chi connectivity index (χ3v) is 6.08. The van der Waals surface area contributed by atoms with E-state index in [1.165, 1.54) is 12.5 Å². The molecule has 0 spiro atoms. The highest BCUT2D eigenvalue weighted by Gasteiger charge is 2.44. The number of benzene rings is 1. The zero-order valence-electron chi connectivity index (χ0n) is 15.4. The van der Waals surface area contributed by atoms with Gasteiger partial charge in [0.05, 0.1) is 5.41 Å². The minimum Gasteiger partial charge on any atom is -0.342 e.